The fourth-order valence-electron chi connectivity index (χ4n) is 3.25. The summed E-state index contributed by atoms with van der Waals surface area (Å²) < 4.78 is 7.47. The predicted molar refractivity (Wildman–Crippen MR) is 110 cm³/mol. The highest BCUT2D eigenvalue weighted by atomic mass is 32.2. The third kappa shape index (κ3) is 4.64. The van der Waals surface area contributed by atoms with Gasteiger partial charge in [-0.05, 0) is 12.1 Å². The van der Waals surface area contributed by atoms with Crippen molar-refractivity contribution in [2.45, 2.75) is 17.5 Å². The number of benzene rings is 2. The van der Waals surface area contributed by atoms with Gasteiger partial charge in [0.2, 0.25) is 0 Å². The van der Waals surface area contributed by atoms with Crippen LogP contribution in [0.2, 0.25) is 0 Å². The monoisotopic (exact) mass is 411 g/mol. The van der Waals surface area contributed by atoms with E-state index in [1.807, 2.05) is 41.0 Å². The van der Waals surface area contributed by atoms with E-state index in [2.05, 4.69) is 15.1 Å². The number of ether oxygens (including phenoxy) is 1. The first-order valence-electron chi connectivity index (χ1n) is 9.37. The maximum absolute atomic E-state index is 11.3. The molecule has 0 amide bonds. The molecule has 8 nitrogen and oxygen atoms in total. The first-order chi connectivity index (χ1) is 14.2. The second-order valence-electron chi connectivity index (χ2n) is 6.63. The Morgan fingerprint density at radius 2 is 1.76 bits per heavy atom. The van der Waals surface area contributed by atoms with Crippen molar-refractivity contribution in [3.8, 4) is 5.69 Å². The van der Waals surface area contributed by atoms with Gasteiger partial charge < -0.3 is 4.74 Å². The third-order valence-electron chi connectivity index (χ3n) is 4.73. The fourth-order valence-corrected chi connectivity index (χ4v) is 4.21. The number of morpholine rings is 1. The zero-order valence-electron chi connectivity index (χ0n) is 15.8. The van der Waals surface area contributed by atoms with Crippen LogP contribution in [0.4, 0.5) is 5.69 Å². The first kappa shape index (κ1) is 19.6. The smallest absolute Gasteiger partial charge is 0.273 e. The van der Waals surface area contributed by atoms with Crippen LogP contribution in [0.1, 0.15) is 11.4 Å². The van der Waals surface area contributed by atoms with Gasteiger partial charge in [-0.15, -0.1) is 10.2 Å². The summed E-state index contributed by atoms with van der Waals surface area (Å²) in [7, 11) is 0. The summed E-state index contributed by atoms with van der Waals surface area (Å²) in [6.45, 7) is 3.84. The Morgan fingerprint density at radius 1 is 1.03 bits per heavy atom. The van der Waals surface area contributed by atoms with Crippen LogP contribution >= 0.6 is 11.8 Å². The van der Waals surface area contributed by atoms with E-state index in [0.717, 1.165) is 43.0 Å². The average molecular weight is 411 g/mol. The first-order valence-corrected chi connectivity index (χ1v) is 10.4. The molecule has 1 aliphatic rings. The van der Waals surface area contributed by atoms with E-state index in [1.165, 1.54) is 17.8 Å². The maximum Gasteiger partial charge on any atom is 0.273 e. The van der Waals surface area contributed by atoms with Crippen molar-refractivity contribution in [3.63, 3.8) is 0 Å². The molecular weight excluding hydrogens is 390 g/mol. The van der Waals surface area contributed by atoms with Crippen molar-refractivity contribution in [1.29, 1.82) is 0 Å². The summed E-state index contributed by atoms with van der Waals surface area (Å²) in [4.78, 5) is 13.2. The van der Waals surface area contributed by atoms with E-state index in [9.17, 15) is 10.1 Å². The van der Waals surface area contributed by atoms with Crippen LogP contribution in [0.5, 0.6) is 0 Å². The van der Waals surface area contributed by atoms with E-state index in [-0.39, 0.29) is 10.6 Å². The number of rotatable bonds is 7. The zero-order valence-corrected chi connectivity index (χ0v) is 16.6. The van der Waals surface area contributed by atoms with E-state index in [4.69, 9.17) is 4.74 Å². The summed E-state index contributed by atoms with van der Waals surface area (Å²) in [6.07, 6.45) is 0. The summed E-state index contributed by atoms with van der Waals surface area (Å²) in [5.74, 6) is 1.29. The Balaban J connectivity index is 1.60. The van der Waals surface area contributed by atoms with Gasteiger partial charge in [0.05, 0.1) is 24.7 Å². The molecular formula is C20H21N5O3S. The van der Waals surface area contributed by atoms with Crippen LogP contribution in [0, 0.1) is 10.1 Å². The van der Waals surface area contributed by atoms with Gasteiger partial charge in [0.1, 0.15) is 0 Å². The zero-order chi connectivity index (χ0) is 20.1. The third-order valence-corrected chi connectivity index (χ3v) is 5.71. The molecule has 0 unspecified atom stereocenters. The lowest BCUT2D eigenvalue weighted by molar-refractivity contribution is -0.385. The normalized spacial score (nSPS) is 14.8. The molecule has 0 aliphatic carbocycles. The lowest BCUT2D eigenvalue weighted by Gasteiger charge is -2.26. The van der Waals surface area contributed by atoms with Gasteiger partial charge >= 0.3 is 0 Å². The second kappa shape index (κ2) is 9.17. The molecule has 1 aliphatic heterocycles. The number of nitro groups is 1. The molecule has 0 atom stereocenters. The number of nitrogens with zero attached hydrogens (tertiary/aromatic N) is 5. The maximum atomic E-state index is 11.3. The minimum Gasteiger partial charge on any atom is -0.379 e. The Bertz CT molecular complexity index is 973. The number of nitro benzene ring substituents is 1. The van der Waals surface area contributed by atoms with Crippen molar-refractivity contribution in [2.75, 3.05) is 26.3 Å². The van der Waals surface area contributed by atoms with Gasteiger partial charge in [0, 0.05) is 36.2 Å². The summed E-state index contributed by atoms with van der Waals surface area (Å²) in [5, 5.41) is 20.8. The van der Waals surface area contributed by atoms with E-state index in [0.29, 0.717) is 17.9 Å². The molecule has 150 valence electrons. The molecule has 0 saturated carbocycles. The molecule has 0 bridgehead atoms. The van der Waals surface area contributed by atoms with Crippen molar-refractivity contribution in [2.24, 2.45) is 0 Å². The predicted octanol–water partition coefficient (Wildman–Crippen LogP) is 3.30. The lowest BCUT2D eigenvalue weighted by Crippen LogP contribution is -2.36. The molecule has 0 N–H and O–H groups in total. The van der Waals surface area contributed by atoms with Gasteiger partial charge in [-0.2, -0.15) is 0 Å². The summed E-state index contributed by atoms with van der Waals surface area (Å²) >= 11 is 1.45. The van der Waals surface area contributed by atoms with E-state index >= 15 is 0 Å². The highest BCUT2D eigenvalue weighted by Crippen LogP contribution is 2.29. The van der Waals surface area contributed by atoms with Crippen LogP contribution < -0.4 is 0 Å². The van der Waals surface area contributed by atoms with E-state index < -0.39 is 0 Å². The Hall–Kier alpha value is -2.75. The van der Waals surface area contributed by atoms with Crippen molar-refractivity contribution < 1.29 is 9.66 Å². The van der Waals surface area contributed by atoms with Gasteiger partial charge in [0.15, 0.2) is 11.0 Å². The van der Waals surface area contributed by atoms with Crippen molar-refractivity contribution >= 4 is 17.4 Å². The second-order valence-corrected chi connectivity index (χ2v) is 7.58. The van der Waals surface area contributed by atoms with E-state index in [1.54, 1.807) is 12.1 Å². The molecule has 0 spiro atoms. The Kier molecular flexibility index (Phi) is 6.18. The topological polar surface area (TPSA) is 86.3 Å². The molecule has 9 heteroatoms. The minimum atomic E-state index is -0.346. The molecule has 0 radical (unpaired) electrons. The fraction of sp³-hybridized carbons (Fsp3) is 0.300. The lowest BCUT2D eigenvalue weighted by atomic mass is 10.2. The largest absolute Gasteiger partial charge is 0.379 e. The molecule has 2 aromatic carbocycles. The quantitative estimate of drug-likeness (QED) is 0.335. The molecule has 4 rings (SSSR count). The number of hydrogen-bond acceptors (Lipinski definition) is 7. The Labute approximate surface area is 172 Å². The molecule has 29 heavy (non-hydrogen) atoms. The number of hydrogen-bond donors (Lipinski definition) is 0. The molecule has 1 fully saturated rings. The summed E-state index contributed by atoms with van der Waals surface area (Å²) in [6, 6.07) is 16.8. The molecule has 3 aromatic rings. The SMILES string of the molecule is O=[N+]([O-])c1ccccc1CSc1nnc(CN2CCOCC2)n1-c1ccccc1. The van der Waals surface area contributed by atoms with Crippen LogP contribution in [0.15, 0.2) is 59.8 Å². The van der Waals surface area contributed by atoms with Gasteiger partial charge in [-0.25, -0.2) is 0 Å². The van der Waals surface area contributed by atoms with Crippen LogP contribution in [-0.2, 0) is 17.0 Å². The van der Waals surface area contributed by atoms with Crippen LogP contribution in [0.25, 0.3) is 5.69 Å². The molecule has 1 aromatic heterocycles. The van der Waals surface area contributed by atoms with Gasteiger partial charge in [-0.1, -0.05) is 48.2 Å². The van der Waals surface area contributed by atoms with Gasteiger partial charge in [-0.3, -0.25) is 19.6 Å². The summed E-state index contributed by atoms with van der Waals surface area (Å²) in [5.41, 5.74) is 1.77. The average Bonchev–Trinajstić information content (AvgIpc) is 3.16. The van der Waals surface area contributed by atoms with Gasteiger partial charge in [0.25, 0.3) is 5.69 Å². The standard InChI is InChI=1S/C20H21N5O3S/c26-25(27)18-9-5-4-6-16(18)15-29-20-22-21-19(14-23-10-12-28-13-11-23)24(20)17-7-2-1-3-8-17/h1-9H,10-15H2. The highest BCUT2D eigenvalue weighted by Gasteiger charge is 2.20. The number of thioether (sulfide) groups is 1. The molecule has 2 heterocycles. The Morgan fingerprint density at radius 3 is 2.52 bits per heavy atom. The highest BCUT2D eigenvalue weighted by molar-refractivity contribution is 7.98. The number of aromatic nitrogens is 3. The molecule has 1 saturated heterocycles. The van der Waals surface area contributed by atoms with Crippen LogP contribution in [-0.4, -0.2) is 50.9 Å². The minimum absolute atomic E-state index is 0.124. The number of para-hydroxylation sites is 2. The van der Waals surface area contributed by atoms with Crippen molar-refractivity contribution in [1.82, 2.24) is 19.7 Å². The van der Waals surface area contributed by atoms with Crippen LogP contribution in [0.3, 0.4) is 0 Å². The van der Waals surface area contributed by atoms with Crippen molar-refractivity contribution in [3.05, 3.63) is 76.1 Å².